The van der Waals surface area contributed by atoms with Crippen LogP contribution >= 0.6 is 0 Å². The van der Waals surface area contributed by atoms with Gasteiger partial charge in [0, 0.05) is 30.4 Å². The lowest BCUT2D eigenvalue weighted by Crippen LogP contribution is -2.27. The summed E-state index contributed by atoms with van der Waals surface area (Å²) in [6, 6.07) is 0. The molecule has 120 valence electrons. The van der Waals surface area contributed by atoms with E-state index in [-0.39, 0.29) is 11.3 Å². The summed E-state index contributed by atoms with van der Waals surface area (Å²) >= 11 is 0. The SMILES string of the molecule is CCNC(=O)c1c(F)ncc(-c2ncnc3c2CCNC3)c1N. The van der Waals surface area contributed by atoms with Crippen molar-refractivity contribution in [2.75, 3.05) is 18.8 Å². The van der Waals surface area contributed by atoms with Crippen molar-refractivity contribution in [3.8, 4) is 11.3 Å². The number of nitrogen functional groups attached to an aromatic ring is 1. The Labute approximate surface area is 132 Å². The zero-order valence-electron chi connectivity index (χ0n) is 12.7. The van der Waals surface area contributed by atoms with Gasteiger partial charge < -0.3 is 16.4 Å². The Morgan fingerprint density at radius 2 is 2.26 bits per heavy atom. The Kier molecular flexibility index (Phi) is 4.16. The highest BCUT2D eigenvalue weighted by molar-refractivity contribution is 6.02. The van der Waals surface area contributed by atoms with Crippen LogP contribution in [0.2, 0.25) is 0 Å². The van der Waals surface area contributed by atoms with Gasteiger partial charge in [0.25, 0.3) is 5.91 Å². The summed E-state index contributed by atoms with van der Waals surface area (Å²) in [5.41, 5.74) is 8.75. The minimum Gasteiger partial charge on any atom is -0.397 e. The monoisotopic (exact) mass is 316 g/mol. The van der Waals surface area contributed by atoms with Crippen LogP contribution in [-0.4, -0.2) is 33.9 Å². The molecule has 0 atom stereocenters. The molecule has 0 saturated carbocycles. The molecular formula is C15H17FN6O. The molecular weight excluding hydrogens is 299 g/mol. The third kappa shape index (κ3) is 2.72. The first-order valence-electron chi connectivity index (χ1n) is 7.39. The third-order valence-corrected chi connectivity index (χ3v) is 3.77. The van der Waals surface area contributed by atoms with E-state index in [0.717, 1.165) is 24.2 Å². The van der Waals surface area contributed by atoms with Gasteiger partial charge in [-0.1, -0.05) is 0 Å². The Hall–Kier alpha value is -2.61. The summed E-state index contributed by atoms with van der Waals surface area (Å²) < 4.78 is 14.0. The molecule has 7 nitrogen and oxygen atoms in total. The highest BCUT2D eigenvalue weighted by atomic mass is 19.1. The van der Waals surface area contributed by atoms with Crippen LogP contribution in [-0.2, 0) is 13.0 Å². The normalized spacial score (nSPS) is 13.5. The van der Waals surface area contributed by atoms with E-state index in [2.05, 4.69) is 25.6 Å². The molecule has 3 heterocycles. The van der Waals surface area contributed by atoms with Gasteiger partial charge in [-0.3, -0.25) is 4.79 Å². The number of halogens is 1. The maximum absolute atomic E-state index is 14.0. The standard InChI is InChI=1S/C15H17FN6O/c1-2-19-15(23)11-12(17)9(5-20-14(11)16)13-8-3-4-18-6-10(8)21-7-22-13/h5,7,18H,2-4,6H2,1H3,(H2,17,20)(H,19,23). The largest absolute Gasteiger partial charge is 0.397 e. The van der Waals surface area contributed by atoms with Crippen molar-refractivity contribution in [2.45, 2.75) is 19.9 Å². The van der Waals surface area contributed by atoms with Gasteiger partial charge in [0.1, 0.15) is 11.9 Å². The predicted molar refractivity (Wildman–Crippen MR) is 83.1 cm³/mol. The fraction of sp³-hybridized carbons (Fsp3) is 0.333. The number of nitrogens with zero attached hydrogens (tertiary/aromatic N) is 3. The Balaban J connectivity index is 2.15. The van der Waals surface area contributed by atoms with Gasteiger partial charge in [0.05, 0.1) is 17.1 Å². The van der Waals surface area contributed by atoms with Crippen molar-refractivity contribution in [3.05, 3.63) is 35.3 Å². The van der Waals surface area contributed by atoms with Crippen LogP contribution < -0.4 is 16.4 Å². The first kappa shape index (κ1) is 15.3. The van der Waals surface area contributed by atoms with E-state index in [0.29, 0.717) is 24.3 Å². The molecule has 8 heteroatoms. The molecule has 23 heavy (non-hydrogen) atoms. The molecule has 0 saturated heterocycles. The highest BCUT2D eigenvalue weighted by Gasteiger charge is 2.23. The number of hydrogen-bond acceptors (Lipinski definition) is 6. The van der Waals surface area contributed by atoms with Gasteiger partial charge in [0.15, 0.2) is 0 Å². The second kappa shape index (κ2) is 6.25. The van der Waals surface area contributed by atoms with E-state index in [1.54, 1.807) is 6.92 Å². The van der Waals surface area contributed by atoms with Crippen LogP contribution in [0, 0.1) is 5.95 Å². The van der Waals surface area contributed by atoms with Crippen LogP contribution in [0.4, 0.5) is 10.1 Å². The molecule has 4 N–H and O–H groups in total. The molecule has 0 radical (unpaired) electrons. The van der Waals surface area contributed by atoms with Crippen LogP contribution in [0.15, 0.2) is 12.5 Å². The molecule has 0 aliphatic carbocycles. The van der Waals surface area contributed by atoms with E-state index in [1.165, 1.54) is 12.5 Å². The van der Waals surface area contributed by atoms with Gasteiger partial charge >= 0.3 is 0 Å². The molecule has 0 spiro atoms. The molecule has 1 amide bonds. The van der Waals surface area contributed by atoms with Crippen molar-refractivity contribution >= 4 is 11.6 Å². The fourth-order valence-electron chi connectivity index (χ4n) is 2.67. The van der Waals surface area contributed by atoms with Gasteiger partial charge in [-0.15, -0.1) is 0 Å². The molecule has 3 rings (SSSR count). The van der Waals surface area contributed by atoms with E-state index < -0.39 is 11.9 Å². The van der Waals surface area contributed by atoms with E-state index in [9.17, 15) is 9.18 Å². The zero-order valence-corrected chi connectivity index (χ0v) is 12.7. The highest BCUT2D eigenvalue weighted by Crippen LogP contribution is 2.31. The molecule has 0 aromatic carbocycles. The van der Waals surface area contributed by atoms with Gasteiger partial charge in [-0.05, 0) is 19.9 Å². The van der Waals surface area contributed by atoms with Crippen molar-refractivity contribution < 1.29 is 9.18 Å². The second-order valence-corrected chi connectivity index (χ2v) is 5.19. The quantitative estimate of drug-likeness (QED) is 0.718. The van der Waals surface area contributed by atoms with Gasteiger partial charge in [-0.2, -0.15) is 4.39 Å². The lowest BCUT2D eigenvalue weighted by atomic mass is 9.98. The number of fused-ring (bicyclic) bond motifs is 1. The molecule has 2 aromatic rings. The lowest BCUT2D eigenvalue weighted by Gasteiger charge is -2.19. The number of amides is 1. The van der Waals surface area contributed by atoms with E-state index in [1.807, 2.05) is 0 Å². The van der Waals surface area contributed by atoms with Crippen LogP contribution in [0.25, 0.3) is 11.3 Å². The average Bonchev–Trinajstić information content (AvgIpc) is 2.55. The van der Waals surface area contributed by atoms with Gasteiger partial charge in [-0.25, -0.2) is 15.0 Å². The van der Waals surface area contributed by atoms with Crippen molar-refractivity contribution in [1.82, 2.24) is 25.6 Å². The van der Waals surface area contributed by atoms with Crippen molar-refractivity contribution in [1.29, 1.82) is 0 Å². The number of aromatic nitrogens is 3. The Morgan fingerprint density at radius 1 is 1.43 bits per heavy atom. The smallest absolute Gasteiger partial charge is 0.258 e. The summed E-state index contributed by atoms with van der Waals surface area (Å²) in [5, 5.41) is 5.77. The minimum absolute atomic E-state index is 0.0443. The number of carbonyl (C=O) groups excluding carboxylic acids is 1. The Bertz CT molecular complexity index is 764. The zero-order chi connectivity index (χ0) is 16.4. The third-order valence-electron chi connectivity index (χ3n) is 3.77. The van der Waals surface area contributed by atoms with Crippen LogP contribution in [0.1, 0.15) is 28.5 Å². The number of rotatable bonds is 3. The van der Waals surface area contributed by atoms with E-state index >= 15 is 0 Å². The van der Waals surface area contributed by atoms with Crippen molar-refractivity contribution in [2.24, 2.45) is 0 Å². The topological polar surface area (TPSA) is 106 Å². The maximum atomic E-state index is 14.0. The van der Waals surface area contributed by atoms with Crippen LogP contribution in [0.3, 0.4) is 0 Å². The van der Waals surface area contributed by atoms with Crippen LogP contribution in [0.5, 0.6) is 0 Å². The van der Waals surface area contributed by atoms with Crippen molar-refractivity contribution in [3.63, 3.8) is 0 Å². The summed E-state index contributed by atoms with van der Waals surface area (Å²) in [5.74, 6) is -1.47. The lowest BCUT2D eigenvalue weighted by molar-refractivity contribution is 0.0952. The number of nitrogens with one attached hydrogen (secondary N) is 2. The molecule has 0 fully saturated rings. The maximum Gasteiger partial charge on any atom is 0.258 e. The number of nitrogens with two attached hydrogens (primary N) is 1. The first-order valence-corrected chi connectivity index (χ1v) is 7.39. The number of anilines is 1. The van der Waals surface area contributed by atoms with Gasteiger partial charge in [0.2, 0.25) is 5.95 Å². The second-order valence-electron chi connectivity index (χ2n) is 5.19. The predicted octanol–water partition coefficient (Wildman–Crippen LogP) is 0.655. The fourth-order valence-corrected chi connectivity index (χ4v) is 2.67. The molecule has 1 aliphatic rings. The first-order chi connectivity index (χ1) is 11.1. The number of pyridine rings is 1. The summed E-state index contributed by atoms with van der Waals surface area (Å²) in [4.78, 5) is 24.3. The van der Waals surface area contributed by atoms with E-state index in [4.69, 9.17) is 5.73 Å². The molecule has 0 unspecified atom stereocenters. The summed E-state index contributed by atoms with van der Waals surface area (Å²) in [7, 11) is 0. The minimum atomic E-state index is -0.887. The number of carbonyl (C=O) groups is 1. The average molecular weight is 316 g/mol. The summed E-state index contributed by atoms with van der Waals surface area (Å²) in [6.07, 6.45) is 3.49. The molecule has 1 aliphatic heterocycles. The number of hydrogen-bond donors (Lipinski definition) is 3. The molecule has 0 bridgehead atoms. The summed E-state index contributed by atoms with van der Waals surface area (Å²) in [6.45, 7) is 3.56. The Morgan fingerprint density at radius 3 is 3.04 bits per heavy atom. The molecule has 2 aromatic heterocycles.